The fraction of sp³-hybridized carbons (Fsp3) is 0.250. The number of aliphatic hydroxyl groups is 1. The highest BCUT2D eigenvalue weighted by molar-refractivity contribution is 5.87. The fourth-order valence-corrected chi connectivity index (χ4v) is 6.17. The average Bonchev–Trinajstić information content (AvgIpc) is 2.91. The summed E-state index contributed by atoms with van der Waals surface area (Å²) in [6.45, 7) is 2.16. The molecule has 2 aliphatic rings. The Kier molecular flexibility index (Phi) is 5.36. The van der Waals surface area contributed by atoms with Gasteiger partial charge in [-0.2, -0.15) is 0 Å². The number of hydrogen-bond acceptors (Lipinski definition) is 2. The molecule has 34 heavy (non-hydrogen) atoms. The maximum Gasteiger partial charge on any atom is 0.134 e. The van der Waals surface area contributed by atoms with Crippen molar-refractivity contribution in [1.82, 2.24) is 4.90 Å². The Morgan fingerprint density at radius 1 is 0.618 bits per heavy atom. The largest absolute Gasteiger partial charge is 0.377 e. The molecule has 0 amide bonds. The van der Waals surface area contributed by atoms with Gasteiger partial charge in [0.15, 0.2) is 0 Å². The van der Waals surface area contributed by atoms with Gasteiger partial charge >= 0.3 is 0 Å². The molecule has 2 atom stereocenters. The number of fused-ring (bicyclic) bond motifs is 2. The van der Waals surface area contributed by atoms with Gasteiger partial charge in [-0.3, -0.25) is 4.90 Å². The molecule has 2 unspecified atom stereocenters. The van der Waals surface area contributed by atoms with Gasteiger partial charge in [-0.1, -0.05) is 110 Å². The lowest BCUT2D eigenvalue weighted by atomic mass is 9.68. The Hall–Kier alpha value is -3.20. The summed E-state index contributed by atoms with van der Waals surface area (Å²) in [5.74, 6) is 0. The molecule has 0 aromatic heterocycles. The van der Waals surface area contributed by atoms with Crippen LogP contribution in [-0.4, -0.2) is 23.1 Å². The first-order valence-corrected chi connectivity index (χ1v) is 12.5. The molecule has 4 aromatic rings. The number of likely N-dealkylation sites (tertiary alicyclic amines) is 1. The number of hydrogen-bond donors (Lipinski definition) is 1. The Balaban J connectivity index is 1.57. The molecule has 1 fully saturated rings. The van der Waals surface area contributed by atoms with Crippen molar-refractivity contribution in [2.24, 2.45) is 0 Å². The zero-order valence-corrected chi connectivity index (χ0v) is 19.5. The highest BCUT2D eigenvalue weighted by Gasteiger charge is 2.46. The lowest BCUT2D eigenvalue weighted by Crippen LogP contribution is -2.52. The standard InChI is InChI=1S/C32H31NO/c34-32(28-19-11-15-26-14-5-6-16-27(26)28)21-20-31(33-22-9-2-10-23-33,24-25-12-3-1-4-13-25)29-17-7-8-18-30(29)32/h1,3-8,11-21,34H,2,9-10,22-24H2. The summed E-state index contributed by atoms with van der Waals surface area (Å²) in [6, 6.07) is 34.0. The van der Waals surface area contributed by atoms with Crippen LogP contribution in [0.15, 0.2) is 109 Å². The van der Waals surface area contributed by atoms with Crippen molar-refractivity contribution >= 4 is 10.8 Å². The van der Waals surface area contributed by atoms with Gasteiger partial charge in [0.1, 0.15) is 5.60 Å². The van der Waals surface area contributed by atoms with Crippen molar-refractivity contribution in [3.8, 4) is 0 Å². The van der Waals surface area contributed by atoms with Crippen LogP contribution < -0.4 is 0 Å². The zero-order chi connectivity index (χ0) is 23.0. The van der Waals surface area contributed by atoms with Crippen molar-refractivity contribution in [3.63, 3.8) is 0 Å². The highest BCUT2D eigenvalue weighted by Crippen LogP contribution is 2.48. The highest BCUT2D eigenvalue weighted by atomic mass is 16.3. The summed E-state index contributed by atoms with van der Waals surface area (Å²) in [7, 11) is 0. The smallest absolute Gasteiger partial charge is 0.134 e. The van der Waals surface area contributed by atoms with E-state index >= 15 is 0 Å². The van der Waals surface area contributed by atoms with Crippen LogP contribution in [0.2, 0.25) is 0 Å². The van der Waals surface area contributed by atoms with E-state index in [1.165, 1.54) is 30.4 Å². The van der Waals surface area contributed by atoms with Crippen molar-refractivity contribution in [1.29, 1.82) is 0 Å². The number of piperidine rings is 1. The van der Waals surface area contributed by atoms with Crippen molar-refractivity contribution in [3.05, 3.63) is 131 Å². The molecule has 1 saturated heterocycles. The van der Waals surface area contributed by atoms with Gasteiger partial charge in [0.25, 0.3) is 0 Å². The fourth-order valence-electron chi connectivity index (χ4n) is 6.17. The minimum absolute atomic E-state index is 0.269. The maximum absolute atomic E-state index is 12.4. The summed E-state index contributed by atoms with van der Waals surface area (Å²) in [5, 5.41) is 14.6. The van der Waals surface area contributed by atoms with Crippen molar-refractivity contribution in [2.45, 2.75) is 36.8 Å². The second kappa shape index (κ2) is 8.54. The molecule has 6 rings (SSSR count). The maximum atomic E-state index is 12.4. The Morgan fingerprint density at radius 2 is 1.26 bits per heavy atom. The first-order valence-electron chi connectivity index (χ1n) is 12.5. The van der Waals surface area contributed by atoms with Crippen LogP contribution in [0.1, 0.15) is 41.5 Å². The summed E-state index contributed by atoms with van der Waals surface area (Å²) < 4.78 is 0. The van der Waals surface area contributed by atoms with Crippen molar-refractivity contribution < 1.29 is 5.11 Å². The van der Waals surface area contributed by atoms with Gasteiger partial charge in [-0.25, -0.2) is 0 Å². The summed E-state index contributed by atoms with van der Waals surface area (Å²) in [5.41, 5.74) is 3.04. The van der Waals surface area contributed by atoms with E-state index in [-0.39, 0.29) is 5.54 Å². The zero-order valence-electron chi connectivity index (χ0n) is 19.5. The minimum Gasteiger partial charge on any atom is -0.377 e. The van der Waals surface area contributed by atoms with Crippen molar-refractivity contribution in [2.75, 3.05) is 13.1 Å². The van der Waals surface area contributed by atoms with Crippen LogP contribution in [0, 0.1) is 0 Å². The van der Waals surface area contributed by atoms with E-state index < -0.39 is 5.60 Å². The molecular weight excluding hydrogens is 414 g/mol. The van der Waals surface area contributed by atoms with Crippen LogP contribution in [0.3, 0.4) is 0 Å². The third kappa shape index (κ3) is 3.41. The Labute approximate surface area is 202 Å². The molecule has 0 spiro atoms. The molecule has 1 heterocycles. The number of benzene rings is 4. The van der Waals surface area contributed by atoms with Crippen LogP contribution in [-0.2, 0) is 17.6 Å². The normalized spacial score (nSPS) is 24.7. The first kappa shape index (κ1) is 21.3. The van der Waals surface area contributed by atoms with Gasteiger partial charge in [-0.15, -0.1) is 0 Å². The molecule has 0 radical (unpaired) electrons. The molecule has 1 aliphatic carbocycles. The Bertz CT molecular complexity index is 1330. The molecule has 2 heteroatoms. The third-order valence-electron chi connectivity index (χ3n) is 7.84. The predicted octanol–water partition coefficient (Wildman–Crippen LogP) is 6.57. The number of rotatable bonds is 4. The van der Waals surface area contributed by atoms with E-state index in [1.807, 2.05) is 0 Å². The predicted molar refractivity (Wildman–Crippen MR) is 140 cm³/mol. The molecular formula is C32H31NO. The van der Waals surface area contributed by atoms with Crippen LogP contribution in [0.4, 0.5) is 0 Å². The summed E-state index contributed by atoms with van der Waals surface area (Å²) in [4.78, 5) is 2.65. The molecule has 2 nitrogen and oxygen atoms in total. The molecule has 1 N–H and O–H groups in total. The van der Waals surface area contributed by atoms with Crippen LogP contribution >= 0.6 is 0 Å². The van der Waals surface area contributed by atoms with Gasteiger partial charge < -0.3 is 5.11 Å². The lowest BCUT2D eigenvalue weighted by Gasteiger charge is -2.49. The summed E-state index contributed by atoms with van der Waals surface area (Å²) in [6.07, 6.45) is 9.03. The topological polar surface area (TPSA) is 23.5 Å². The molecule has 170 valence electrons. The second-order valence-corrected chi connectivity index (χ2v) is 9.81. The molecule has 1 aliphatic heterocycles. The van der Waals surface area contributed by atoms with E-state index in [9.17, 15) is 5.11 Å². The van der Waals surface area contributed by atoms with E-state index in [1.54, 1.807) is 0 Å². The molecule has 4 aromatic carbocycles. The number of nitrogens with zero attached hydrogens (tertiary/aromatic N) is 1. The SMILES string of the molecule is OC1(c2cccc3ccccc23)C=CC(Cc2ccccc2)(N2CCCCC2)c2ccccc21. The van der Waals surface area contributed by atoms with Gasteiger partial charge in [0.2, 0.25) is 0 Å². The third-order valence-corrected chi connectivity index (χ3v) is 7.84. The lowest BCUT2D eigenvalue weighted by molar-refractivity contribution is 0.0779. The quantitative estimate of drug-likeness (QED) is 0.359. The van der Waals surface area contributed by atoms with Crippen LogP contribution in [0.5, 0.6) is 0 Å². The van der Waals surface area contributed by atoms with E-state index in [4.69, 9.17) is 0 Å². The van der Waals surface area contributed by atoms with Gasteiger partial charge in [0.05, 0.1) is 5.54 Å². The van der Waals surface area contributed by atoms with Gasteiger partial charge in [0, 0.05) is 0 Å². The van der Waals surface area contributed by atoms with E-state index in [0.29, 0.717) is 0 Å². The monoisotopic (exact) mass is 445 g/mol. The van der Waals surface area contributed by atoms with Gasteiger partial charge in [-0.05, 0) is 71.5 Å². The Morgan fingerprint density at radius 3 is 2.09 bits per heavy atom. The molecule has 0 saturated carbocycles. The van der Waals surface area contributed by atoms with E-state index in [0.717, 1.165) is 41.4 Å². The van der Waals surface area contributed by atoms with E-state index in [2.05, 4.69) is 114 Å². The summed E-state index contributed by atoms with van der Waals surface area (Å²) >= 11 is 0. The second-order valence-electron chi connectivity index (χ2n) is 9.81. The average molecular weight is 446 g/mol. The van der Waals surface area contributed by atoms with Crippen LogP contribution in [0.25, 0.3) is 10.8 Å². The first-order chi connectivity index (χ1) is 16.7. The molecule has 0 bridgehead atoms. The minimum atomic E-state index is -1.17.